The van der Waals surface area contributed by atoms with Gasteiger partial charge in [-0.15, -0.1) is 11.6 Å². The highest BCUT2D eigenvalue weighted by Gasteiger charge is 2.37. The van der Waals surface area contributed by atoms with Crippen molar-refractivity contribution in [2.24, 2.45) is 0 Å². The van der Waals surface area contributed by atoms with Crippen LogP contribution in [0.3, 0.4) is 0 Å². The van der Waals surface area contributed by atoms with Crippen molar-refractivity contribution in [1.82, 2.24) is 0 Å². The van der Waals surface area contributed by atoms with Gasteiger partial charge in [0.25, 0.3) is 0 Å². The SMILES string of the molecule is COc1ccc2c(c1)SC(C(=O)OCCCCl)C(=O)C(C)O2. The van der Waals surface area contributed by atoms with Crippen LogP contribution in [0.4, 0.5) is 0 Å². The van der Waals surface area contributed by atoms with E-state index in [1.165, 1.54) is 0 Å². The van der Waals surface area contributed by atoms with Gasteiger partial charge < -0.3 is 14.2 Å². The Bertz CT molecular complexity index is 563. The molecule has 1 aromatic rings. The van der Waals surface area contributed by atoms with Crippen LogP contribution in [-0.2, 0) is 14.3 Å². The van der Waals surface area contributed by atoms with E-state index in [1.807, 2.05) is 0 Å². The summed E-state index contributed by atoms with van der Waals surface area (Å²) in [6, 6.07) is 5.21. The maximum Gasteiger partial charge on any atom is 0.327 e. The number of carbonyl (C=O) groups is 2. The first-order valence-electron chi connectivity index (χ1n) is 6.84. The number of alkyl halides is 1. The normalized spacial score (nSPS) is 20.6. The van der Waals surface area contributed by atoms with Crippen LogP contribution in [0.5, 0.6) is 11.5 Å². The summed E-state index contributed by atoms with van der Waals surface area (Å²) >= 11 is 6.67. The van der Waals surface area contributed by atoms with E-state index in [2.05, 4.69) is 0 Å². The lowest BCUT2D eigenvalue weighted by Gasteiger charge is -2.14. The first kappa shape index (κ1) is 17.0. The van der Waals surface area contributed by atoms with Crippen molar-refractivity contribution in [2.45, 2.75) is 29.6 Å². The molecule has 0 spiro atoms. The zero-order valence-corrected chi connectivity index (χ0v) is 13.9. The zero-order chi connectivity index (χ0) is 16.1. The van der Waals surface area contributed by atoms with Crippen LogP contribution in [-0.4, -0.2) is 42.7 Å². The first-order chi connectivity index (χ1) is 10.6. The summed E-state index contributed by atoms with van der Waals surface area (Å²) in [6.07, 6.45) is -0.164. The van der Waals surface area contributed by atoms with Gasteiger partial charge >= 0.3 is 5.97 Å². The number of methoxy groups -OCH3 is 1. The Hall–Kier alpha value is -1.40. The molecule has 0 N–H and O–H groups in total. The van der Waals surface area contributed by atoms with Crippen molar-refractivity contribution in [3.63, 3.8) is 0 Å². The third-order valence-corrected chi connectivity index (χ3v) is 4.60. The van der Waals surface area contributed by atoms with E-state index in [4.69, 9.17) is 25.8 Å². The van der Waals surface area contributed by atoms with Crippen LogP contribution in [0.25, 0.3) is 0 Å². The first-order valence-corrected chi connectivity index (χ1v) is 8.26. The quantitative estimate of drug-likeness (QED) is 0.354. The molecule has 1 aliphatic rings. The predicted octanol–water partition coefficient (Wildman–Crippen LogP) is 2.68. The maximum absolute atomic E-state index is 12.3. The van der Waals surface area contributed by atoms with Gasteiger partial charge in [-0.1, -0.05) is 11.8 Å². The Morgan fingerprint density at radius 2 is 2.23 bits per heavy atom. The number of rotatable bonds is 5. The van der Waals surface area contributed by atoms with E-state index in [-0.39, 0.29) is 12.4 Å². The molecule has 0 saturated carbocycles. The van der Waals surface area contributed by atoms with E-state index in [0.717, 1.165) is 11.8 Å². The molecule has 2 rings (SSSR count). The highest BCUT2D eigenvalue weighted by molar-refractivity contribution is 8.01. The number of ether oxygens (including phenoxy) is 3. The summed E-state index contributed by atoms with van der Waals surface area (Å²) in [4.78, 5) is 25.2. The van der Waals surface area contributed by atoms with Crippen LogP contribution in [0, 0.1) is 0 Å². The van der Waals surface area contributed by atoms with E-state index >= 15 is 0 Å². The monoisotopic (exact) mass is 344 g/mol. The molecule has 0 fully saturated rings. The van der Waals surface area contributed by atoms with Crippen molar-refractivity contribution in [3.05, 3.63) is 18.2 Å². The van der Waals surface area contributed by atoms with Gasteiger partial charge in [0, 0.05) is 5.88 Å². The highest BCUT2D eigenvalue weighted by atomic mass is 35.5. The van der Waals surface area contributed by atoms with Crippen molar-refractivity contribution >= 4 is 35.1 Å². The fourth-order valence-electron chi connectivity index (χ4n) is 1.92. The lowest BCUT2D eigenvalue weighted by Crippen LogP contribution is -2.36. The van der Waals surface area contributed by atoms with Crippen LogP contribution >= 0.6 is 23.4 Å². The van der Waals surface area contributed by atoms with Gasteiger partial charge in [0.2, 0.25) is 0 Å². The molecule has 1 aliphatic heterocycles. The Balaban J connectivity index is 2.22. The van der Waals surface area contributed by atoms with Crippen LogP contribution in [0.15, 0.2) is 23.1 Å². The topological polar surface area (TPSA) is 61.8 Å². The molecule has 0 bridgehead atoms. The largest absolute Gasteiger partial charge is 0.497 e. The molecule has 1 aromatic carbocycles. The number of Topliss-reactive ketones (excluding diaryl/α,β-unsaturated/α-hetero) is 1. The molecular weight excluding hydrogens is 328 g/mol. The van der Waals surface area contributed by atoms with Gasteiger partial charge in [-0.2, -0.15) is 0 Å². The molecule has 2 atom stereocenters. The Labute approximate surface area is 138 Å². The molecule has 0 radical (unpaired) electrons. The standard InChI is InChI=1S/C15H17ClO5S/c1-9-13(17)14(15(18)20-7-3-6-16)22-12-8-10(19-2)4-5-11(12)21-9/h4-5,8-9,14H,3,6-7H2,1-2H3. The van der Waals surface area contributed by atoms with Gasteiger partial charge in [0.05, 0.1) is 18.6 Å². The van der Waals surface area contributed by atoms with Gasteiger partial charge in [0.15, 0.2) is 17.1 Å². The number of benzene rings is 1. The van der Waals surface area contributed by atoms with Gasteiger partial charge in [-0.3, -0.25) is 9.59 Å². The molecule has 0 aromatic heterocycles. The third kappa shape index (κ3) is 3.87. The Morgan fingerprint density at radius 1 is 1.45 bits per heavy atom. The second-order valence-corrected chi connectivity index (χ2v) is 6.21. The molecular formula is C15H17ClO5S. The number of carbonyl (C=O) groups excluding carboxylic acids is 2. The number of thioether (sulfide) groups is 1. The van der Waals surface area contributed by atoms with Crippen molar-refractivity contribution in [2.75, 3.05) is 19.6 Å². The molecule has 5 nitrogen and oxygen atoms in total. The molecule has 2 unspecified atom stereocenters. The summed E-state index contributed by atoms with van der Waals surface area (Å²) in [5.74, 6) is 0.717. The second kappa shape index (κ2) is 7.74. The fraction of sp³-hybridized carbons (Fsp3) is 0.467. The smallest absolute Gasteiger partial charge is 0.327 e. The minimum atomic E-state index is -0.946. The van der Waals surface area contributed by atoms with Gasteiger partial charge in [-0.05, 0) is 31.5 Å². The molecule has 120 valence electrons. The maximum atomic E-state index is 12.3. The number of hydrogen-bond donors (Lipinski definition) is 0. The third-order valence-electron chi connectivity index (χ3n) is 3.09. The molecule has 0 amide bonds. The zero-order valence-electron chi connectivity index (χ0n) is 12.3. The minimum Gasteiger partial charge on any atom is -0.497 e. The predicted molar refractivity (Wildman–Crippen MR) is 84.0 cm³/mol. The lowest BCUT2D eigenvalue weighted by atomic mass is 10.2. The van der Waals surface area contributed by atoms with Crippen molar-refractivity contribution < 1.29 is 23.8 Å². The molecule has 1 heterocycles. The van der Waals surface area contributed by atoms with Gasteiger partial charge in [0.1, 0.15) is 11.5 Å². The van der Waals surface area contributed by atoms with Crippen molar-refractivity contribution in [3.8, 4) is 11.5 Å². The number of ketones is 1. The van der Waals surface area contributed by atoms with E-state index in [1.54, 1.807) is 32.2 Å². The lowest BCUT2D eigenvalue weighted by molar-refractivity contribution is -0.146. The minimum absolute atomic E-state index is 0.201. The van der Waals surface area contributed by atoms with Crippen LogP contribution in [0.1, 0.15) is 13.3 Å². The fourth-order valence-corrected chi connectivity index (χ4v) is 3.17. The van der Waals surface area contributed by atoms with Crippen LogP contribution in [0.2, 0.25) is 0 Å². The van der Waals surface area contributed by atoms with Gasteiger partial charge in [-0.25, -0.2) is 0 Å². The number of fused-ring (bicyclic) bond motifs is 1. The second-order valence-electron chi connectivity index (χ2n) is 4.68. The summed E-state index contributed by atoms with van der Waals surface area (Å²) in [5.41, 5.74) is 0. The number of hydrogen-bond acceptors (Lipinski definition) is 6. The summed E-state index contributed by atoms with van der Waals surface area (Å²) < 4.78 is 15.9. The average Bonchev–Trinajstić information content (AvgIpc) is 2.64. The summed E-state index contributed by atoms with van der Waals surface area (Å²) in [6.45, 7) is 1.83. The number of halogens is 1. The van der Waals surface area contributed by atoms with E-state index in [0.29, 0.717) is 28.7 Å². The van der Waals surface area contributed by atoms with E-state index in [9.17, 15) is 9.59 Å². The molecule has 7 heteroatoms. The molecule has 0 saturated heterocycles. The van der Waals surface area contributed by atoms with E-state index < -0.39 is 17.3 Å². The highest BCUT2D eigenvalue weighted by Crippen LogP contribution is 2.39. The Kier molecular flexibility index (Phi) is 5.97. The molecule has 22 heavy (non-hydrogen) atoms. The van der Waals surface area contributed by atoms with Crippen molar-refractivity contribution in [1.29, 1.82) is 0 Å². The summed E-state index contributed by atoms with van der Waals surface area (Å²) in [5, 5.41) is -0.946. The molecule has 0 aliphatic carbocycles. The average molecular weight is 345 g/mol. The van der Waals surface area contributed by atoms with Crippen LogP contribution < -0.4 is 9.47 Å². The summed E-state index contributed by atoms with van der Waals surface area (Å²) in [7, 11) is 1.55. The number of esters is 1. The Morgan fingerprint density at radius 3 is 2.91 bits per heavy atom.